The molecule has 0 aliphatic rings. The molecule has 96 valence electrons. The van der Waals surface area contributed by atoms with Crippen molar-refractivity contribution in [2.45, 2.75) is 40.2 Å². The zero-order valence-corrected chi connectivity index (χ0v) is 11.0. The van der Waals surface area contributed by atoms with Gasteiger partial charge >= 0.3 is 0 Å². The van der Waals surface area contributed by atoms with Crippen molar-refractivity contribution in [1.29, 1.82) is 0 Å². The van der Waals surface area contributed by atoms with Gasteiger partial charge in [0.1, 0.15) is 0 Å². The number of hydrogen-bond donors (Lipinski definition) is 2. The van der Waals surface area contributed by atoms with Crippen LogP contribution in [0.5, 0.6) is 0 Å². The van der Waals surface area contributed by atoms with Crippen LogP contribution in [-0.4, -0.2) is 31.7 Å². The Kier molecular flexibility index (Phi) is 8.21. The van der Waals surface area contributed by atoms with Gasteiger partial charge in [0.2, 0.25) is 5.91 Å². The summed E-state index contributed by atoms with van der Waals surface area (Å²) in [6, 6.07) is 0. The quantitative estimate of drug-likeness (QED) is 0.615. The second-order valence-electron chi connectivity index (χ2n) is 4.77. The van der Waals surface area contributed by atoms with Crippen molar-refractivity contribution < 1.29 is 9.53 Å². The first-order valence-electron chi connectivity index (χ1n) is 6.06. The largest absolute Gasteiger partial charge is 0.377 e. The van der Waals surface area contributed by atoms with Crippen LogP contribution in [0.1, 0.15) is 34.1 Å². The number of ether oxygens (including phenoxy) is 1. The molecule has 0 heterocycles. The highest BCUT2D eigenvalue weighted by Crippen LogP contribution is 2.10. The van der Waals surface area contributed by atoms with Gasteiger partial charge in [0.05, 0.1) is 18.6 Å². The van der Waals surface area contributed by atoms with Gasteiger partial charge in [-0.1, -0.05) is 13.8 Å². The maximum absolute atomic E-state index is 11.7. The van der Waals surface area contributed by atoms with Gasteiger partial charge < -0.3 is 15.8 Å². The number of carbonyl (C=O) groups is 1. The minimum Gasteiger partial charge on any atom is -0.377 e. The van der Waals surface area contributed by atoms with Crippen molar-refractivity contribution in [3.05, 3.63) is 0 Å². The molecular weight excluding hydrogens is 204 g/mol. The van der Waals surface area contributed by atoms with Crippen LogP contribution in [0.3, 0.4) is 0 Å². The molecule has 0 rings (SSSR count). The van der Waals surface area contributed by atoms with Gasteiger partial charge in [0.25, 0.3) is 0 Å². The summed E-state index contributed by atoms with van der Waals surface area (Å²) < 4.78 is 5.34. The molecule has 1 atom stereocenters. The maximum Gasteiger partial charge on any atom is 0.224 e. The second-order valence-corrected chi connectivity index (χ2v) is 4.77. The summed E-state index contributed by atoms with van der Waals surface area (Å²) in [5, 5.41) is 2.85. The summed E-state index contributed by atoms with van der Waals surface area (Å²) >= 11 is 0. The Morgan fingerprint density at radius 3 is 2.38 bits per heavy atom. The van der Waals surface area contributed by atoms with Crippen molar-refractivity contribution in [3.8, 4) is 0 Å². The molecule has 0 radical (unpaired) electrons. The molecular formula is C12H26N2O2. The first-order valence-corrected chi connectivity index (χ1v) is 6.06. The Balaban J connectivity index is 3.75. The third kappa shape index (κ3) is 7.65. The Bertz CT molecular complexity index is 193. The number of carbonyl (C=O) groups excluding carboxylic acids is 1. The fourth-order valence-corrected chi connectivity index (χ4v) is 1.49. The molecule has 0 aliphatic heterocycles. The molecule has 4 heteroatoms. The molecule has 1 amide bonds. The smallest absolute Gasteiger partial charge is 0.224 e. The SMILES string of the molecule is CC(C)CC(CN)C(=O)NCCOC(C)C. The molecule has 0 spiro atoms. The van der Waals surface area contributed by atoms with Gasteiger partial charge in [0.15, 0.2) is 0 Å². The highest BCUT2D eigenvalue weighted by Gasteiger charge is 2.17. The average molecular weight is 230 g/mol. The van der Waals surface area contributed by atoms with E-state index in [0.717, 1.165) is 6.42 Å². The Hall–Kier alpha value is -0.610. The molecule has 0 saturated carbocycles. The second kappa shape index (κ2) is 8.53. The van der Waals surface area contributed by atoms with Crippen molar-refractivity contribution in [2.75, 3.05) is 19.7 Å². The van der Waals surface area contributed by atoms with Crippen LogP contribution in [0, 0.1) is 11.8 Å². The molecule has 0 aromatic heterocycles. The van der Waals surface area contributed by atoms with E-state index < -0.39 is 0 Å². The maximum atomic E-state index is 11.7. The number of amides is 1. The van der Waals surface area contributed by atoms with Crippen molar-refractivity contribution in [1.82, 2.24) is 5.32 Å². The number of hydrogen-bond acceptors (Lipinski definition) is 3. The van der Waals surface area contributed by atoms with Crippen LogP contribution in [-0.2, 0) is 9.53 Å². The molecule has 3 N–H and O–H groups in total. The van der Waals surface area contributed by atoms with E-state index in [1.807, 2.05) is 13.8 Å². The van der Waals surface area contributed by atoms with Crippen molar-refractivity contribution >= 4 is 5.91 Å². The van der Waals surface area contributed by atoms with Crippen molar-refractivity contribution in [2.24, 2.45) is 17.6 Å². The van der Waals surface area contributed by atoms with Crippen LogP contribution in [0.4, 0.5) is 0 Å². The molecule has 0 aliphatic carbocycles. The van der Waals surface area contributed by atoms with E-state index in [1.165, 1.54) is 0 Å². The fraction of sp³-hybridized carbons (Fsp3) is 0.917. The molecule has 0 saturated heterocycles. The molecule has 1 unspecified atom stereocenters. The third-order valence-electron chi connectivity index (χ3n) is 2.26. The Morgan fingerprint density at radius 1 is 1.31 bits per heavy atom. The normalized spacial score (nSPS) is 13.2. The lowest BCUT2D eigenvalue weighted by Crippen LogP contribution is -2.37. The summed E-state index contributed by atoms with van der Waals surface area (Å²) in [5.41, 5.74) is 5.58. The van der Waals surface area contributed by atoms with E-state index in [1.54, 1.807) is 0 Å². The molecule has 4 nitrogen and oxygen atoms in total. The van der Waals surface area contributed by atoms with Gasteiger partial charge in [-0.05, 0) is 26.2 Å². The minimum absolute atomic E-state index is 0.0450. The molecule has 0 aromatic carbocycles. The van der Waals surface area contributed by atoms with Gasteiger partial charge in [-0.3, -0.25) is 4.79 Å². The number of nitrogens with one attached hydrogen (secondary N) is 1. The number of rotatable bonds is 8. The van der Waals surface area contributed by atoms with Crippen LogP contribution >= 0.6 is 0 Å². The first-order chi connectivity index (χ1) is 7.47. The first kappa shape index (κ1) is 15.4. The van der Waals surface area contributed by atoms with Crippen LogP contribution < -0.4 is 11.1 Å². The number of nitrogens with two attached hydrogens (primary N) is 1. The van der Waals surface area contributed by atoms with Gasteiger partial charge in [-0.25, -0.2) is 0 Å². The summed E-state index contributed by atoms with van der Waals surface area (Å²) in [7, 11) is 0. The highest BCUT2D eigenvalue weighted by molar-refractivity contribution is 5.78. The lowest BCUT2D eigenvalue weighted by Gasteiger charge is -2.17. The van der Waals surface area contributed by atoms with E-state index in [4.69, 9.17) is 10.5 Å². The van der Waals surface area contributed by atoms with Crippen LogP contribution in [0.2, 0.25) is 0 Å². The van der Waals surface area contributed by atoms with E-state index in [9.17, 15) is 4.79 Å². The van der Waals surface area contributed by atoms with Crippen molar-refractivity contribution in [3.63, 3.8) is 0 Å². The summed E-state index contributed by atoms with van der Waals surface area (Å²) in [6.45, 7) is 9.67. The topological polar surface area (TPSA) is 64.4 Å². The zero-order chi connectivity index (χ0) is 12.6. The Labute approximate surface area is 98.9 Å². The predicted octanol–water partition coefficient (Wildman–Crippen LogP) is 1.15. The Morgan fingerprint density at radius 2 is 1.94 bits per heavy atom. The lowest BCUT2D eigenvalue weighted by molar-refractivity contribution is -0.125. The molecule has 0 fully saturated rings. The monoisotopic (exact) mass is 230 g/mol. The molecule has 0 bridgehead atoms. The van der Waals surface area contributed by atoms with Gasteiger partial charge in [-0.15, -0.1) is 0 Å². The van der Waals surface area contributed by atoms with Crippen LogP contribution in [0.25, 0.3) is 0 Å². The summed E-state index contributed by atoms with van der Waals surface area (Å²) in [5.74, 6) is 0.467. The third-order valence-corrected chi connectivity index (χ3v) is 2.26. The summed E-state index contributed by atoms with van der Waals surface area (Å²) in [4.78, 5) is 11.7. The zero-order valence-electron chi connectivity index (χ0n) is 11.0. The predicted molar refractivity (Wildman–Crippen MR) is 66.1 cm³/mol. The highest BCUT2D eigenvalue weighted by atomic mass is 16.5. The van der Waals surface area contributed by atoms with E-state index >= 15 is 0 Å². The molecule has 16 heavy (non-hydrogen) atoms. The lowest BCUT2D eigenvalue weighted by atomic mass is 9.96. The fourth-order valence-electron chi connectivity index (χ4n) is 1.49. The van der Waals surface area contributed by atoms with E-state index in [2.05, 4.69) is 19.2 Å². The minimum atomic E-state index is -0.0703. The van der Waals surface area contributed by atoms with Gasteiger partial charge in [0, 0.05) is 13.1 Å². The van der Waals surface area contributed by atoms with E-state index in [0.29, 0.717) is 25.6 Å². The van der Waals surface area contributed by atoms with Crippen LogP contribution in [0.15, 0.2) is 0 Å². The van der Waals surface area contributed by atoms with Gasteiger partial charge in [-0.2, -0.15) is 0 Å². The average Bonchev–Trinajstić information content (AvgIpc) is 2.20. The summed E-state index contributed by atoms with van der Waals surface area (Å²) in [6.07, 6.45) is 1.05. The van der Waals surface area contributed by atoms with E-state index in [-0.39, 0.29) is 17.9 Å². The standard InChI is InChI=1S/C12H26N2O2/c1-9(2)7-11(8-13)12(15)14-5-6-16-10(3)4/h9-11H,5-8,13H2,1-4H3,(H,14,15). The molecule has 0 aromatic rings.